The van der Waals surface area contributed by atoms with E-state index in [0.717, 1.165) is 11.1 Å². The van der Waals surface area contributed by atoms with Gasteiger partial charge < -0.3 is 4.90 Å². The molecule has 0 aromatic heterocycles. The van der Waals surface area contributed by atoms with E-state index in [1.807, 2.05) is 13.8 Å². The molecule has 0 spiro atoms. The van der Waals surface area contributed by atoms with E-state index in [1.54, 1.807) is 36.4 Å². The topological polar surface area (TPSA) is 66.5 Å². The van der Waals surface area contributed by atoms with Crippen molar-refractivity contribution in [3.8, 4) is 0 Å². The highest BCUT2D eigenvalue weighted by atomic mass is 32.2. The average molecular weight is 392 g/mol. The second-order valence-electron chi connectivity index (χ2n) is 6.49. The molecular formula is C20H25FN2O3S. The Balaban J connectivity index is 1.94. The van der Waals surface area contributed by atoms with Crippen LogP contribution in [0.3, 0.4) is 0 Å². The largest absolute Gasteiger partial charge is 0.341 e. The number of rotatable bonds is 8. The van der Waals surface area contributed by atoms with Gasteiger partial charge >= 0.3 is 0 Å². The lowest BCUT2D eigenvalue weighted by atomic mass is 10.1. The number of amides is 1. The fourth-order valence-corrected chi connectivity index (χ4v) is 3.77. The number of nitrogens with zero attached hydrogens (tertiary/aromatic N) is 1. The summed E-state index contributed by atoms with van der Waals surface area (Å²) in [6, 6.07) is 11.4. The van der Waals surface area contributed by atoms with Crippen LogP contribution >= 0.6 is 0 Å². The summed E-state index contributed by atoms with van der Waals surface area (Å²) in [7, 11) is -3.64. The molecule has 0 aliphatic rings. The summed E-state index contributed by atoms with van der Waals surface area (Å²) in [5, 5.41) is 0. The molecule has 0 saturated carbocycles. The highest BCUT2D eigenvalue weighted by molar-refractivity contribution is 7.89. The van der Waals surface area contributed by atoms with Gasteiger partial charge in [-0.15, -0.1) is 0 Å². The minimum absolute atomic E-state index is 0.0894. The molecule has 5 nitrogen and oxygen atoms in total. The van der Waals surface area contributed by atoms with Crippen LogP contribution in [0, 0.1) is 19.7 Å². The highest BCUT2D eigenvalue weighted by Crippen LogP contribution is 2.14. The second kappa shape index (κ2) is 9.10. The van der Waals surface area contributed by atoms with Crippen molar-refractivity contribution < 1.29 is 17.6 Å². The molecule has 0 aliphatic heterocycles. The van der Waals surface area contributed by atoms with Crippen LogP contribution in [0.4, 0.5) is 4.39 Å². The first kappa shape index (κ1) is 21.1. The summed E-state index contributed by atoms with van der Waals surface area (Å²) >= 11 is 0. The van der Waals surface area contributed by atoms with Gasteiger partial charge in [0.1, 0.15) is 5.82 Å². The fraction of sp³-hybridized carbons (Fsp3) is 0.350. The summed E-state index contributed by atoms with van der Waals surface area (Å²) in [6.07, 6.45) is 0.371. The molecule has 0 radical (unpaired) electrons. The van der Waals surface area contributed by atoms with Gasteiger partial charge in [0.25, 0.3) is 0 Å². The molecule has 2 rings (SSSR count). The maximum atomic E-state index is 13.7. The zero-order valence-electron chi connectivity index (χ0n) is 15.8. The van der Waals surface area contributed by atoms with Crippen molar-refractivity contribution in [1.29, 1.82) is 0 Å². The van der Waals surface area contributed by atoms with Crippen molar-refractivity contribution in [3.63, 3.8) is 0 Å². The van der Waals surface area contributed by atoms with E-state index in [4.69, 9.17) is 0 Å². The number of benzene rings is 2. The number of carbonyl (C=O) groups is 1. The molecule has 1 amide bonds. The summed E-state index contributed by atoms with van der Waals surface area (Å²) in [5.41, 5.74) is 2.44. The lowest BCUT2D eigenvalue weighted by Gasteiger charge is -2.21. The van der Waals surface area contributed by atoms with Crippen LogP contribution in [0.15, 0.2) is 47.4 Å². The van der Waals surface area contributed by atoms with Crippen LogP contribution in [0.5, 0.6) is 0 Å². The fourth-order valence-electron chi connectivity index (χ4n) is 2.66. The lowest BCUT2D eigenvalue weighted by Crippen LogP contribution is -2.38. The molecule has 0 unspecified atom stereocenters. The third-order valence-electron chi connectivity index (χ3n) is 4.52. The number of aryl methyl sites for hydroxylation is 2. The van der Waals surface area contributed by atoms with Crippen molar-refractivity contribution >= 4 is 15.9 Å². The standard InChI is InChI=1S/C20H25FN2O3S/c1-15-8-9-19(14-16(15)2)27(25,26)22-11-13-23(17(3)24)12-10-18-6-4-5-7-20(18)21/h4-9,14,22H,10-13H2,1-3H3. The van der Waals surface area contributed by atoms with Gasteiger partial charge in [0.2, 0.25) is 15.9 Å². The van der Waals surface area contributed by atoms with E-state index in [9.17, 15) is 17.6 Å². The molecule has 2 aromatic carbocycles. The predicted molar refractivity (Wildman–Crippen MR) is 103 cm³/mol. The van der Waals surface area contributed by atoms with Gasteiger partial charge in [-0.25, -0.2) is 17.5 Å². The van der Waals surface area contributed by atoms with E-state index in [1.165, 1.54) is 17.9 Å². The Kier molecular flexibility index (Phi) is 7.10. The van der Waals surface area contributed by atoms with E-state index in [-0.39, 0.29) is 29.7 Å². The molecule has 2 aromatic rings. The number of halogens is 1. The minimum Gasteiger partial charge on any atom is -0.341 e. The zero-order valence-corrected chi connectivity index (χ0v) is 16.6. The molecule has 27 heavy (non-hydrogen) atoms. The van der Waals surface area contributed by atoms with Crippen molar-refractivity contribution in [3.05, 3.63) is 65.0 Å². The summed E-state index contributed by atoms with van der Waals surface area (Å²) in [5.74, 6) is -0.492. The highest BCUT2D eigenvalue weighted by Gasteiger charge is 2.16. The third kappa shape index (κ3) is 5.87. The van der Waals surface area contributed by atoms with Crippen LogP contribution in [-0.2, 0) is 21.2 Å². The molecule has 0 heterocycles. The first-order valence-corrected chi connectivity index (χ1v) is 10.2. The Morgan fingerprint density at radius 3 is 2.41 bits per heavy atom. The van der Waals surface area contributed by atoms with Crippen LogP contribution in [0.1, 0.15) is 23.6 Å². The monoisotopic (exact) mass is 392 g/mol. The number of hydrogen-bond acceptors (Lipinski definition) is 3. The molecule has 0 aliphatic carbocycles. The van der Waals surface area contributed by atoms with Crippen LogP contribution < -0.4 is 4.72 Å². The molecule has 1 N–H and O–H groups in total. The Morgan fingerprint density at radius 2 is 1.78 bits per heavy atom. The van der Waals surface area contributed by atoms with Crippen molar-refractivity contribution in [2.45, 2.75) is 32.1 Å². The van der Waals surface area contributed by atoms with Gasteiger partial charge in [-0.05, 0) is 55.2 Å². The van der Waals surface area contributed by atoms with Gasteiger partial charge in [-0.1, -0.05) is 24.3 Å². The smallest absolute Gasteiger partial charge is 0.240 e. The summed E-state index contributed by atoms with van der Waals surface area (Å²) in [4.78, 5) is 13.5. The Labute approximate surface area is 160 Å². The first-order chi connectivity index (χ1) is 12.7. The maximum absolute atomic E-state index is 13.7. The average Bonchev–Trinajstić information content (AvgIpc) is 2.61. The summed E-state index contributed by atoms with van der Waals surface area (Å²) in [6.45, 7) is 5.81. The molecular weight excluding hydrogens is 367 g/mol. The Morgan fingerprint density at radius 1 is 1.07 bits per heavy atom. The first-order valence-electron chi connectivity index (χ1n) is 8.76. The number of hydrogen-bond donors (Lipinski definition) is 1. The Bertz CT molecular complexity index is 913. The van der Waals surface area contributed by atoms with Crippen LogP contribution in [0.2, 0.25) is 0 Å². The third-order valence-corrected chi connectivity index (χ3v) is 5.98. The van der Waals surface area contributed by atoms with Crippen LogP contribution in [-0.4, -0.2) is 38.9 Å². The van der Waals surface area contributed by atoms with Gasteiger partial charge in [0.15, 0.2) is 0 Å². The number of nitrogens with one attached hydrogen (secondary N) is 1. The van der Waals surface area contributed by atoms with E-state index < -0.39 is 10.0 Å². The van der Waals surface area contributed by atoms with Gasteiger partial charge in [0, 0.05) is 26.6 Å². The van der Waals surface area contributed by atoms with E-state index in [2.05, 4.69) is 4.72 Å². The van der Waals surface area contributed by atoms with Crippen molar-refractivity contribution in [2.24, 2.45) is 0 Å². The predicted octanol–water partition coefficient (Wildman–Crippen LogP) is 2.81. The molecule has 7 heteroatoms. The molecule has 0 atom stereocenters. The maximum Gasteiger partial charge on any atom is 0.240 e. The molecule has 146 valence electrons. The van der Waals surface area contributed by atoms with Crippen molar-refractivity contribution in [2.75, 3.05) is 19.6 Å². The van der Waals surface area contributed by atoms with Crippen LogP contribution in [0.25, 0.3) is 0 Å². The normalized spacial score (nSPS) is 11.4. The quantitative estimate of drug-likeness (QED) is 0.751. The second-order valence-corrected chi connectivity index (χ2v) is 8.26. The minimum atomic E-state index is -3.64. The van der Waals surface area contributed by atoms with Gasteiger partial charge in [0.05, 0.1) is 4.90 Å². The van der Waals surface area contributed by atoms with E-state index >= 15 is 0 Å². The number of sulfonamides is 1. The lowest BCUT2D eigenvalue weighted by molar-refractivity contribution is -0.128. The number of carbonyl (C=O) groups excluding carboxylic acids is 1. The zero-order chi connectivity index (χ0) is 20.0. The van der Waals surface area contributed by atoms with Crippen molar-refractivity contribution in [1.82, 2.24) is 9.62 Å². The summed E-state index contributed by atoms with van der Waals surface area (Å²) < 4.78 is 41.0. The SMILES string of the molecule is CC(=O)N(CCNS(=O)(=O)c1ccc(C)c(C)c1)CCc1ccccc1F. The molecule has 0 saturated heterocycles. The van der Waals surface area contributed by atoms with Gasteiger partial charge in [-0.3, -0.25) is 4.79 Å². The molecule has 0 fully saturated rings. The Hall–Kier alpha value is -2.25. The van der Waals surface area contributed by atoms with E-state index in [0.29, 0.717) is 18.5 Å². The van der Waals surface area contributed by atoms with Gasteiger partial charge in [-0.2, -0.15) is 0 Å². The molecule has 0 bridgehead atoms.